The van der Waals surface area contributed by atoms with Crippen molar-refractivity contribution in [3.8, 4) is 0 Å². The molecular weight excluding hydrogens is 438 g/mol. The number of likely N-dealkylation sites (tertiary alicyclic amines) is 1. The predicted molar refractivity (Wildman–Crippen MR) is 107 cm³/mol. The minimum absolute atomic E-state index is 0.00218. The van der Waals surface area contributed by atoms with Crippen LogP contribution in [0.15, 0.2) is 33.1 Å². The van der Waals surface area contributed by atoms with Crippen molar-refractivity contribution in [1.29, 1.82) is 0 Å². The summed E-state index contributed by atoms with van der Waals surface area (Å²) < 4.78 is 1.70. The number of thioether (sulfide) groups is 1. The number of anilines is 2. The lowest BCUT2D eigenvalue weighted by Gasteiger charge is -2.31. The van der Waals surface area contributed by atoms with Crippen LogP contribution in [0.3, 0.4) is 0 Å². The number of nitrogens with zero attached hydrogens (tertiary/aromatic N) is 3. The fraction of sp³-hybridized carbons (Fsp3) is 0.375. The van der Waals surface area contributed by atoms with Gasteiger partial charge in [0.25, 0.3) is 0 Å². The maximum Gasteiger partial charge on any atom is 0.233 e. The molecule has 0 saturated carbocycles. The molecule has 0 bridgehead atoms. The second-order valence-corrected chi connectivity index (χ2v) is 8.99. The van der Waals surface area contributed by atoms with Crippen LogP contribution in [0.1, 0.15) is 12.8 Å². The zero-order valence-electron chi connectivity index (χ0n) is 13.9. The van der Waals surface area contributed by atoms with E-state index >= 15 is 0 Å². The molecule has 7 nitrogen and oxygen atoms in total. The zero-order chi connectivity index (χ0) is 18.5. The highest BCUT2D eigenvalue weighted by atomic mass is 79.9. The van der Waals surface area contributed by atoms with E-state index in [4.69, 9.17) is 5.73 Å². The van der Waals surface area contributed by atoms with Crippen LogP contribution in [0.25, 0.3) is 0 Å². The van der Waals surface area contributed by atoms with Crippen molar-refractivity contribution in [2.45, 2.75) is 17.2 Å². The van der Waals surface area contributed by atoms with E-state index in [0.29, 0.717) is 18.2 Å². The molecule has 1 aromatic heterocycles. The third-order valence-corrected chi connectivity index (χ3v) is 6.43. The van der Waals surface area contributed by atoms with Crippen LogP contribution in [-0.2, 0) is 9.59 Å². The van der Waals surface area contributed by atoms with Gasteiger partial charge in [-0.3, -0.25) is 9.59 Å². The Bertz CT molecular complexity index is 800. The van der Waals surface area contributed by atoms with Gasteiger partial charge in [0.1, 0.15) is 0 Å². The van der Waals surface area contributed by atoms with E-state index < -0.39 is 0 Å². The van der Waals surface area contributed by atoms with Crippen LogP contribution in [-0.4, -0.2) is 45.8 Å². The maximum atomic E-state index is 12.4. The molecule has 1 unspecified atom stereocenters. The first kappa shape index (κ1) is 19.1. The summed E-state index contributed by atoms with van der Waals surface area (Å²) in [4.78, 5) is 25.4. The number of amides is 2. The number of nitrogens with two attached hydrogens (primary N) is 1. The van der Waals surface area contributed by atoms with Crippen molar-refractivity contribution in [3.63, 3.8) is 0 Å². The van der Waals surface area contributed by atoms with Gasteiger partial charge < -0.3 is 16.0 Å². The summed E-state index contributed by atoms with van der Waals surface area (Å²) in [6, 6.07) is 7.76. The number of benzene rings is 1. The average molecular weight is 456 g/mol. The molecule has 26 heavy (non-hydrogen) atoms. The number of carbonyl (C=O) groups excluding carboxylic acids is 2. The fourth-order valence-corrected chi connectivity index (χ4v) is 4.73. The second kappa shape index (κ2) is 8.83. The summed E-state index contributed by atoms with van der Waals surface area (Å²) in [6.07, 6.45) is 1.57. The van der Waals surface area contributed by atoms with Gasteiger partial charge >= 0.3 is 0 Å². The minimum Gasteiger partial charge on any atom is -0.369 e. The van der Waals surface area contributed by atoms with Gasteiger partial charge in [-0.2, -0.15) is 0 Å². The van der Waals surface area contributed by atoms with E-state index in [2.05, 4.69) is 31.4 Å². The van der Waals surface area contributed by atoms with E-state index in [-0.39, 0.29) is 23.5 Å². The molecule has 0 spiro atoms. The SMILES string of the molecule is NC(=O)C1CCCN(C(=O)CSc2nnc(Nc3cccc(Br)c3)s2)C1. The highest BCUT2D eigenvalue weighted by Gasteiger charge is 2.27. The van der Waals surface area contributed by atoms with Gasteiger partial charge in [0.05, 0.1) is 11.7 Å². The van der Waals surface area contributed by atoms with Gasteiger partial charge in [-0.25, -0.2) is 0 Å². The van der Waals surface area contributed by atoms with Gasteiger partial charge in [-0.05, 0) is 31.0 Å². The van der Waals surface area contributed by atoms with Crippen molar-refractivity contribution >= 4 is 61.7 Å². The Morgan fingerprint density at radius 3 is 3.04 bits per heavy atom. The molecule has 10 heteroatoms. The van der Waals surface area contributed by atoms with Crippen molar-refractivity contribution < 1.29 is 9.59 Å². The second-order valence-electron chi connectivity index (χ2n) is 5.88. The molecule has 1 aromatic carbocycles. The number of carbonyl (C=O) groups is 2. The van der Waals surface area contributed by atoms with E-state index in [9.17, 15) is 9.59 Å². The van der Waals surface area contributed by atoms with Crippen LogP contribution < -0.4 is 11.1 Å². The van der Waals surface area contributed by atoms with Crippen molar-refractivity contribution in [3.05, 3.63) is 28.7 Å². The predicted octanol–water partition coefficient (Wildman–Crippen LogP) is 2.86. The third kappa shape index (κ3) is 5.18. The molecule has 1 aliphatic rings. The molecule has 1 aliphatic heterocycles. The quantitative estimate of drug-likeness (QED) is 0.649. The first-order chi connectivity index (χ1) is 12.5. The van der Waals surface area contributed by atoms with Crippen LogP contribution >= 0.6 is 39.0 Å². The molecule has 1 fully saturated rings. The molecule has 3 N–H and O–H groups in total. The Morgan fingerprint density at radius 2 is 2.27 bits per heavy atom. The summed E-state index contributed by atoms with van der Waals surface area (Å²) in [6.45, 7) is 1.09. The standard InChI is InChI=1S/C16H18BrN5O2S2/c17-11-4-1-5-12(7-11)19-15-20-21-16(26-15)25-9-13(23)22-6-2-3-10(8-22)14(18)24/h1,4-5,7,10H,2-3,6,8-9H2,(H2,18,24)(H,19,20). The molecular formula is C16H18BrN5O2S2. The normalized spacial score (nSPS) is 17.1. The number of piperidine rings is 1. The topological polar surface area (TPSA) is 101 Å². The number of hydrogen-bond donors (Lipinski definition) is 2. The largest absolute Gasteiger partial charge is 0.369 e. The smallest absolute Gasteiger partial charge is 0.233 e. The first-order valence-electron chi connectivity index (χ1n) is 8.07. The van der Waals surface area contributed by atoms with Crippen molar-refractivity contribution in [2.24, 2.45) is 11.7 Å². The number of halogens is 1. The Morgan fingerprint density at radius 1 is 1.42 bits per heavy atom. The van der Waals surface area contributed by atoms with Gasteiger partial charge in [0.15, 0.2) is 4.34 Å². The third-order valence-electron chi connectivity index (χ3n) is 3.98. The van der Waals surface area contributed by atoms with Gasteiger partial charge in [-0.1, -0.05) is 45.1 Å². The number of aromatic nitrogens is 2. The minimum atomic E-state index is -0.331. The maximum absolute atomic E-state index is 12.4. The summed E-state index contributed by atoms with van der Waals surface area (Å²) in [5, 5.41) is 12.1. The molecule has 2 aromatic rings. The summed E-state index contributed by atoms with van der Waals surface area (Å²) in [5.74, 6) is -0.294. The number of primary amides is 1. The Hall–Kier alpha value is -1.65. The van der Waals surface area contributed by atoms with Crippen molar-refractivity contribution in [1.82, 2.24) is 15.1 Å². The Kier molecular flexibility index (Phi) is 6.49. The molecule has 0 aliphatic carbocycles. The van der Waals surface area contributed by atoms with Gasteiger partial charge in [0, 0.05) is 23.2 Å². The monoisotopic (exact) mass is 455 g/mol. The van der Waals surface area contributed by atoms with Crippen LogP contribution in [0.4, 0.5) is 10.8 Å². The lowest BCUT2D eigenvalue weighted by atomic mass is 9.97. The van der Waals surface area contributed by atoms with E-state index in [1.807, 2.05) is 24.3 Å². The van der Waals surface area contributed by atoms with E-state index in [1.165, 1.54) is 23.1 Å². The highest BCUT2D eigenvalue weighted by Crippen LogP contribution is 2.29. The molecule has 138 valence electrons. The number of rotatable bonds is 6. The van der Waals surface area contributed by atoms with Crippen LogP contribution in [0.2, 0.25) is 0 Å². The Balaban J connectivity index is 1.51. The molecule has 2 amide bonds. The average Bonchev–Trinajstić information content (AvgIpc) is 3.07. The molecule has 0 radical (unpaired) electrons. The van der Waals surface area contributed by atoms with Gasteiger partial charge in [0.2, 0.25) is 16.9 Å². The Labute approximate surface area is 167 Å². The van der Waals surface area contributed by atoms with E-state index in [0.717, 1.165) is 27.3 Å². The highest BCUT2D eigenvalue weighted by molar-refractivity contribution is 9.10. The lowest BCUT2D eigenvalue weighted by molar-refractivity contribution is -0.132. The van der Waals surface area contributed by atoms with Crippen LogP contribution in [0.5, 0.6) is 0 Å². The van der Waals surface area contributed by atoms with E-state index in [1.54, 1.807) is 4.90 Å². The molecule has 1 saturated heterocycles. The summed E-state index contributed by atoms with van der Waals surface area (Å²) >= 11 is 6.18. The summed E-state index contributed by atoms with van der Waals surface area (Å²) in [5.41, 5.74) is 6.27. The lowest BCUT2D eigenvalue weighted by Crippen LogP contribution is -2.44. The first-order valence-corrected chi connectivity index (χ1v) is 10.7. The molecule has 1 atom stereocenters. The zero-order valence-corrected chi connectivity index (χ0v) is 17.1. The molecule has 2 heterocycles. The summed E-state index contributed by atoms with van der Waals surface area (Å²) in [7, 11) is 0. The number of nitrogens with one attached hydrogen (secondary N) is 1. The van der Waals surface area contributed by atoms with Gasteiger partial charge in [-0.15, -0.1) is 10.2 Å². The molecule has 3 rings (SSSR count). The fourth-order valence-electron chi connectivity index (χ4n) is 2.66. The van der Waals surface area contributed by atoms with Crippen LogP contribution in [0, 0.1) is 5.92 Å². The van der Waals surface area contributed by atoms with Crippen molar-refractivity contribution in [2.75, 3.05) is 24.2 Å². The number of hydrogen-bond acceptors (Lipinski definition) is 7.